The highest BCUT2D eigenvalue weighted by atomic mass is 35.5. The second-order valence-electron chi connectivity index (χ2n) is 6.98. The minimum atomic E-state index is -0.541. The summed E-state index contributed by atoms with van der Waals surface area (Å²) in [6.07, 6.45) is 0.873. The van der Waals surface area contributed by atoms with Crippen molar-refractivity contribution in [3.63, 3.8) is 0 Å². The zero-order valence-corrected chi connectivity index (χ0v) is 18.6. The molecule has 158 valence electrons. The number of aromatic nitrogens is 2. The third-order valence-electron chi connectivity index (χ3n) is 4.77. The smallest absolute Gasteiger partial charge is 0.348 e. The summed E-state index contributed by atoms with van der Waals surface area (Å²) in [4.78, 5) is 26.0. The number of benzene rings is 2. The molecule has 0 aliphatic carbocycles. The Bertz CT molecular complexity index is 1260. The van der Waals surface area contributed by atoms with Crippen LogP contribution < -0.4 is 5.32 Å². The molecule has 1 N–H and O–H groups in total. The fourth-order valence-electron chi connectivity index (χ4n) is 3.17. The molecule has 0 bridgehead atoms. The molecule has 4 aromatic rings. The molecule has 4 rings (SSSR count). The van der Waals surface area contributed by atoms with Crippen molar-refractivity contribution >= 4 is 50.7 Å². The van der Waals surface area contributed by atoms with Crippen molar-refractivity contribution in [3.8, 4) is 5.69 Å². The Balaban J connectivity index is 1.46. The molecule has 2 aromatic heterocycles. The maximum Gasteiger partial charge on any atom is 0.348 e. The van der Waals surface area contributed by atoms with E-state index in [1.165, 1.54) is 11.3 Å². The van der Waals surface area contributed by atoms with Crippen LogP contribution >= 0.6 is 22.9 Å². The number of anilines is 1. The number of rotatable bonds is 6. The third-order valence-corrected chi connectivity index (χ3v) is 6.11. The Kier molecular flexibility index (Phi) is 6.06. The number of nitrogens with zero attached hydrogens (tertiary/aromatic N) is 2. The van der Waals surface area contributed by atoms with Gasteiger partial charge in [0, 0.05) is 16.1 Å². The summed E-state index contributed by atoms with van der Waals surface area (Å²) in [6.45, 7) is 3.57. The number of fused-ring (bicyclic) bond motifs is 1. The second-order valence-corrected chi connectivity index (χ2v) is 8.45. The number of aryl methyl sites for hydroxylation is 2. The standard InChI is InChI=1S/C23H20ClN3O3S/c1-3-15-5-4-6-17(11-15)25-21(28)13-30-23(29)20-12-19-14(2)26-27(22(19)31-20)18-9-7-16(24)8-10-18/h4-12H,3,13H2,1-2H3,(H,25,28). The van der Waals surface area contributed by atoms with Gasteiger partial charge in [0.25, 0.3) is 5.91 Å². The molecule has 8 heteroatoms. The van der Waals surface area contributed by atoms with Crippen LogP contribution in [0.15, 0.2) is 54.6 Å². The highest BCUT2D eigenvalue weighted by molar-refractivity contribution is 7.20. The molecular formula is C23H20ClN3O3S. The maximum absolute atomic E-state index is 12.5. The van der Waals surface area contributed by atoms with Gasteiger partial charge in [-0.25, -0.2) is 9.48 Å². The lowest BCUT2D eigenvalue weighted by Crippen LogP contribution is -2.20. The first-order chi connectivity index (χ1) is 14.9. The Labute approximate surface area is 188 Å². The van der Waals surface area contributed by atoms with Gasteiger partial charge in [-0.2, -0.15) is 5.10 Å². The quantitative estimate of drug-likeness (QED) is 0.396. The van der Waals surface area contributed by atoms with Crippen molar-refractivity contribution in [2.75, 3.05) is 11.9 Å². The van der Waals surface area contributed by atoms with Crippen LogP contribution in [0.2, 0.25) is 5.02 Å². The van der Waals surface area contributed by atoms with Gasteiger partial charge in [-0.15, -0.1) is 11.3 Å². The lowest BCUT2D eigenvalue weighted by molar-refractivity contribution is -0.119. The van der Waals surface area contributed by atoms with E-state index in [9.17, 15) is 9.59 Å². The van der Waals surface area contributed by atoms with Crippen molar-refractivity contribution in [2.45, 2.75) is 20.3 Å². The van der Waals surface area contributed by atoms with E-state index in [4.69, 9.17) is 16.3 Å². The Hall–Kier alpha value is -3.16. The van der Waals surface area contributed by atoms with E-state index in [1.54, 1.807) is 28.9 Å². The van der Waals surface area contributed by atoms with Gasteiger partial charge in [-0.05, 0) is 61.4 Å². The highest BCUT2D eigenvalue weighted by Gasteiger charge is 2.19. The van der Waals surface area contributed by atoms with Crippen molar-refractivity contribution in [1.29, 1.82) is 0 Å². The molecule has 0 saturated carbocycles. The molecule has 2 heterocycles. The van der Waals surface area contributed by atoms with E-state index in [0.717, 1.165) is 33.6 Å². The van der Waals surface area contributed by atoms with Crippen molar-refractivity contribution in [1.82, 2.24) is 9.78 Å². The van der Waals surface area contributed by atoms with Gasteiger partial charge in [0.1, 0.15) is 9.71 Å². The Morgan fingerprint density at radius 3 is 2.68 bits per heavy atom. The van der Waals surface area contributed by atoms with Gasteiger partial charge in [0.15, 0.2) is 6.61 Å². The number of thiophene rings is 1. The summed E-state index contributed by atoms with van der Waals surface area (Å²) >= 11 is 7.25. The van der Waals surface area contributed by atoms with Crippen molar-refractivity contribution in [2.24, 2.45) is 0 Å². The second kappa shape index (κ2) is 8.91. The van der Waals surface area contributed by atoms with Gasteiger partial charge >= 0.3 is 5.97 Å². The monoisotopic (exact) mass is 453 g/mol. The van der Waals surface area contributed by atoms with Crippen molar-refractivity contribution in [3.05, 3.63) is 75.8 Å². The summed E-state index contributed by atoms with van der Waals surface area (Å²) < 4.78 is 7.00. The fourth-order valence-corrected chi connectivity index (χ4v) is 4.38. The maximum atomic E-state index is 12.5. The summed E-state index contributed by atoms with van der Waals surface area (Å²) in [6, 6.07) is 16.6. The number of nitrogens with one attached hydrogen (secondary N) is 1. The van der Waals surface area contributed by atoms with Gasteiger partial charge < -0.3 is 10.1 Å². The predicted octanol–water partition coefficient (Wildman–Crippen LogP) is 5.41. The van der Waals surface area contributed by atoms with Crippen LogP contribution in [0.25, 0.3) is 15.9 Å². The zero-order valence-electron chi connectivity index (χ0n) is 17.0. The van der Waals surface area contributed by atoms with Crippen LogP contribution in [0.1, 0.15) is 27.9 Å². The lowest BCUT2D eigenvalue weighted by Gasteiger charge is -2.07. The first kappa shape index (κ1) is 21.1. The Morgan fingerprint density at radius 1 is 1.16 bits per heavy atom. The van der Waals surface area contributed by atoms with Gasteiger partial charge in [0.2, 0.25) is 0 Å². The average Bonchev–Trinajstić information content (AvgIpc) is 3.33. The van der Waals surface area contributed by atoms with E-state index in [-0.39, 0.29) is 12.5 Å². The predicted molar refractivity (Wildman–Crippen MR) is 123 cm³/mol. The number of esters is 1. The summed E-state index contributed by atoms with van der Waals surface area (Å²) in [5.74, 6) is -0.924. The number of amides is 1. The van der Waals surface area contributed by atoms with Crippen LogP contribution in [0, 0.1) is 6.92 Å². The minimum Gasteiger partial charge on any atom is -0.451 e. The van der Waals surface area contributed by atoms with Gasteiger partial charge in [-0.1, -0.05) is 30.7 Å². The topological polar surface area (TPSA) is 73.2 Å². The van der Waals surface area contributed by atoms with E-state index < -0.39 is 5.97 Å². The molecule has 0 unspecified atom stereocenters. The van der Waals surface area contributed by atoms with E-state index in [1.807, 2.05) is 44.2 Å². The first-order valence-electron chi connectivity index (χ1n) is 9.75. The number of carbonyl (C=O) groups is 2. The van der Waals surface area contributed by atoms with Crippen LogP contribution in [0.3, 0.4) is 0 Å². The molecule has 31 heavy (non-hydrogen) atoms. The van der Waals surface area contributed by atoms with Crippen LogP contribution in [0.5, 0.6) is 0 Å². The number of hydrogen-bond donors (Lipinski definition) is 1. The van der Waals surface area contributed by atoms with E-state index >= 15 is 0 Å². The molecule has 2 aromatic carbocycles. The molecule has 0 aliphatic rings. The molecule has 0 spiro atoms. The molecule has 0 saturated heterocycles. The first-order valence-corrected chi connectivity index (χ1v) is 10.9. The zero-order chi connectivity index (χ0) is 22.0. The molecule has 0 radical (unpaired) electrons. The molecular weight excluding hydrogens is 434 g/mol. The largest absolute Gasteiger partial charge is 0.451 e. The molecule has 0 atom stereocenters. The average molecular weight is 454 g/mol. The SMILES string of the molecule is CCc1cccc(NC(=O)COC(=O)c2cc3c(C)nn(-c4ccc(Cl)cc4)c3s2)c1. The fraction of sp³-hybridized carbons (Fsp3) is 0.174. The molecule has 0 aliphatic heterocycles. The molecule has 6 nitrogen and oxygen atoms in total. The lowest BCUT2D eigenvalue weighted by atomic mass is 10.1. The van der Waals surface area contributed by atoms with E-state index in [2.05, 4.69) is 10.4 Å². The van der Waals surface area contributed by atoms with Gasteiger partial charge in [0.05, 0.1) is 11.4 Å². The van der Waals surface area contributed by atoms with Crippen LogP contribution in [-0.4, -0.2) is 28.3 Å². The van der Waals surface area contributed by atoms with Crippen molar-refractivity contribution < 1.29 is 14.3 Å². The molecule has 0 fully saturated rings. The summed E-state index contributed by atoms with van der Waals surface area (Å²) in [7, 11) is 0. The number of carbonyl (C=O) groups excluding carboxylic acids is 2. The van der Waals surface area contributed by atoms with Crippen LogP contribution in [0.4, 0.5) is 5.69 Å². The highest BCUT2D eigenvalue weighted by Crippen LogP contribution is 2.31. The van der Waals surface area contributed by atoms with E-state index in [0.29, 0.717) is 15.6 Å². The minimum absolute atomic E-state index is 0.355. The normalized spacial score (nSPS) is 10.9. The van der Waals surface area contributed by atoms with Gasteiger partial charge in [-0.3, -0.25) is 4.79 Å². The summed E-state index contributed by atoms with van der Waals surface area (Å²) in [5.41, 5.74) is 3.44. The number of ether oxygens (including phenoxy) is 1. The van der Waals surface area contributed by atoms with Crippen LogP contribution in [-0.2, 0) is 16.0 Å². The number of halogens is 1. The molecule has 1 amide bonds. The summed E-state index contributed by atoms with van der Waals surface area (Å²) in [5, 5.41) is 8.81. The Morgan fingerprint density at radius 2 is 1.94 bits per heavy atom. The third kappa shape index (κ3) is 4.62. The number of hydrogen-bond acceptors (Lipinski definition) is 5.